The molecule has 0 aromatic carbocycles. The Labute approximate surface area is 63.2 Å². The third-order valence-corrected chi connectivity index (χ3v) is 1.39. The first-order chi connectivity index (χ1) is 4.75. The van der Waals surface area contributed by atoms with Crippen LogP contribution in [0.4, 0.5) is 0 Å². The summed E-state index contributed by atoms with van der Waals surface area (Å²) in [6, 6.07) is 1.53. The highest BCUT2D eigenvalue weighted by molar-refractivity contribution is 6.33. The van der Waals surface area contributed by atoms with Crippen molar-refractivity contribution < 1.29 is 9.84 Å². The maximum Gasteiger partial charge on any atom is 0.292 e. The van der Waals surface area contributed by atoms with Gasteiger partial charge >= 0.3 is 0 Å². The second-order valence-electron chi connectivity index (χ2n) is 1.63. The van der Waals surface area contributed by atoms with E-state index in [2.05, 4.69) is 4.98 Å². The van der Waals surface area contributed by atoms with Crippen LogP contribution >= 0.6 is 11.6 Å². The molecule has 0 aliphatic heterocycles. The summed E-state index contributed by atoms with van der Waals surface area (Å²) in [5.74, 6) is -0.0947. The highest BCUT2D eigenvalue weighted by Gasteiger charge is 2.06. The van der Waals surface area contributed by atoms with E-state index in [4.69, 9.17) is 16.3 Å². The number of ether oxygens (including phenoxy) is 1. The van der Waals surface area contributed by atoms with Crippen molar-refractivity contribution in [3.05, 3.63) is 17.3 Å². The molecule has 0 fully saturated rings. The number of nitrogens with zero attached hydrogens (tertiary/aromatic N) is 1. The van der Waals surface area contributed by atoms with E-state index in [0.29, 0.717) is 5.75 Å². The predicted octanol–water partition coefficient (Wildman–Crippen LogP) is 1.89. The van der Waals surface area contributed by atoms with Gasteiger partial charge in [-0.15, -0.1) is 0 Å². The van der Waals surface area contributed by atoms with Crippen LogP contribution in [0.2, 0.25) is 5.02 Å². The van der Waals surface area contributed by atoms with Gasteiger partial charge in [-0.05, 0) is 0 Å². The van der Waals surface area contributed by atoms with Gasteiger partial charge < -0.3 is 4.74 Å². The zero-order valence-corrected chi connectivity index (χ0v) is 6.05. The minimum atomic E-state index is -0.457. The average molecular weight is 159 g/mol. The maximum absolute atomic E-state index is 10.7. The molecular formula is C6H5ClNO2. The van der Waals surface area contributed by atoms with Gasteiger partial charge in [0.2, 0.25) is 0 Å². The summed E-state index contributed by atoms with van der Waals surface area (Å²) in [4.78, 5) is 3.42. The molecule has 4 heteroatoms. The lowest BCUT2D eigenvalue weighted by Crippen LogP contribution is -1.84. The van der Waals surface area contributed by atoms with E-state index in [9.17, 15) is 5.11 Å². The smallest absolute Gasteiger partial charge is 0.292 e. The molecule has 1 aromatic heterocycles. The van der Waals surface area contributed by atoms with Crippen LogP contribution in [0.5, 0.6) is 11.6 Å². The number of aromatic nitrogens is 1. The number of methoxy groups -OCH3 is 1. The number of halogens is 1. The van der Waals surface area contributed by atoms with E-state index in [1.54, 1.807) is 0 Å². The van der Waals surface area contributed by atoms with Crippen molar-refractivity contribution in [1.29, 1.82) is 0 Å². The van der Waals surface area contributed by atoms with Crippen LogP contribution < -0.4 is 4.74 Å². The van der Waals surface area contributed by atoms with Crippen LogP contribution in [0.1, 0.15) is 0 Å². The van der Waals surface area contributed by atoms with Crippen LogP contribution in [0.3, 0.4) is 0 Å². The third kappa shape index (κ3) is 1.14. The van der Waals surface area contributed by atoms with Gasteiger partial charge in [0, 0.05) is 12.3 Å². The van der Waals surface area contributed by atoms with E-state index in [0.717, 1.165) is 0 Å². The Kier molecular flexibility index (Phi) is 1.97. The molecule has 0 saturated heterocycles. The molecule has 10 heavy (non-hydrogen) atoms. The standard InChI is InChI=1S/C6H5ClNO2/c1-10-4-2-3-8-6(9)5(4)7/h2-3H,1H3. The first kappa shape index (κ1) is 7.15. The van der Waals surface area contributed by atoms with Crippen molar-refractivity contribution in [2.75, 3.05) is 7.11 Å². The average Bonchev–Trinajstić information content (AvgIpc) is 1.95. The largest absolute Gasteiger partial charge is 0.495 e. The minimum absolute atomic E-state index is 0.0324. The summed E-state index contributed by atoms with van der Waals surface area (Å²) >= 11 is 5.49. The molecule has 0 bridgehead atoms. The summed E-state index contributed by atoms with van der Waals surface area (Å²) in [7, 11) is 1.45. The molecular weight excluding hydrogens is 154 g/mol. The van der Waals surface area contributed by atoms with Crippen molar-refractivity contribution >= 4 is 11.6 Å². The molecule has 0 atom stereocenters. The van der Waals surface area contributed by atoms with Gasteiger partial charge in [-0.1, -0.05) is 11.6 Å². The third-order valence-electron chi connectivity index (χ3n) is 1.04. The Morgan fingerprint density at radius 1 is 1.70 bits per heavy atom. The Balaban J connectivity index is 3.14. The van der Waals surface area contributed by atoms with Gasteiger partial charge in [0.1, 0.15) is 10.8 Å². The van der Waals surface area contributed by atoms with Crippen molar-refractivity contribution in [2.24, 2.45) is 0 Å². The topological polar surface area (TPSA) is 42.0 Å². The SMILES string of the molecule is COc1ccnc([O])c1Cl. The first-order valence-electron chi connectivity index (χ1n) is 2.61. The Morgan fingerprint density at radius 3 is 2.90 bits per heavy atom. The van der Waals surface area contributed by atoms with Gasteiger partial charge in [0.05, 0.1) is 7.11 Å². The van der Waals surface area contributed by atoms with Crippen molar-refractivity contribution in [1.82, 2.24) is 4.98 Å². The molecule has 0 aliphatic carbocycles. The molecule has 0 aliphatic rings. The maximum atomic E-state index is 10.7. The normalized spacial score (nSPS) is 9.40. The molecule has 0 saturated carbocycles. The number of hydrogen-bond donors (Lipinski definition) is 0. The van der Waals surface area contributed by atoms with Crippen LogP contribution in [0.25, 0.3) is 0 Å². The van der Waals surface area contributed by atoms with Crippen LogP contribution in [-0.2, 0) is 5.11 Å². The molecule has 0 spiro atoms. The van der Waals surface area contributed by atoms with Crippen LogP contribution in [-0.4, -0.2) is 12.1 Å². The van der Waals surface area contributed by atoms with E-state index >= 15 is 0 Å². The lowest BCUT2D eigenvalue weighted by atomic mass is 10.4. The van der Waals surface area contributed by atoms with E-state index < -0.39 is 5.88 Å². The summed E-state index contributed by atoms with van der Waals surface area (Å²) in [5, 5.41) is 10.7. The van der Waals surface area contributed by atoms with Gasteiger partial charge in [-0.25, -0.2) is 4.98 Å². The second kappa shape index (κ2) is 2.75. The van der Waals surface area contributed by atoms with Gasteiger partial charge in [-0.3, -0.25) is 5.11 Å². The zero-order valence-electron chi connectivity index (χ0n) is 5.30. The van der Waals surface area contributed by atoms with E-state index in [-0.39, 0.29) is 5.02 Å². The number of rotatable bonds is 1. The molecule has 1 radical (unpaired) electrons. The minimum Gasteiger partial charge on any atom is -0.495 e. The monoisotopic (exact) mass is 158 g/mol. The molecule has 0 amide bonds. The quantitative estimate of drug-likeness (QED) is 0.626. The summed E-state index contributed by atoms with van der Waals surface area (Å²) < 4.78 is 4.75. The molecule has 3 nitrogen and oxygen atoms in total. The van der Waals surface area contributed by atoms with Gasteiger partial charge in [-0.2, -0.15) is 0 Å². The second-order valence-corrected chi connectivity index (χ2v) is 2.01. The predicted molar refractivity (Wildman–Crippen MR) is 35.9 cm³/mol. The molecule has 0 N–H and O–H groups in total. The summed E-state index contributed by atoms with van der Waals surface area (Å²) in [6.45, 7) is 0. The van der Waals surface area contributed by atoms with Crippen LogP contribution in [0.15, 0.2) is 12.3 Å². The number of pyridine rings is 1. The molecule has 1 heterocycles. The molecule has 1 aromatic rings. The van der Waals surface area contributed by atoms with E-state index in [1.807, 2.05) is 0 Å². The Morgan fingerprint density at radius 2 is 2.40 bits per heavy atom. The lowest BCUT2D eigenvalue weighted by molar-refractivity contribution is 0.332. The fraction of sp³-hybridized carbons (Fsp3) is 0.167. The van der Waals surface area contributed by atoms with Crippen molar-refractivity contribution in [2.45, 2.75) is 0 Å². The Hall–Kier alpha value is -0.960. The highest BCUT2D eigenvalue weighted by Crippen LogP contribution is 2.30. The summed E-state index contributed by atoms with van der Waals surface area (Å²) in [5.41, 5.74) is 0. The lowest BCUT2D eigenvalue weighted by Gasteiger charge is -1.99. The molecule has 53 valence electrons. The van der Waals surface area contributed by atoms with Crippen LogP contribution in [0, 0.1) is 0 Å². The number of hydrogen-bond acceptors (Lipinski definition) is 2. The Bertz CT molecular complexity index is 239. The fourth-order valence-electron chi connectivity index (χ4n) is 0.566. The van der Waals surface area contributed by atoms with Gasteiger partial charge in [0.25, 0.3) is 5.88 Å². The molecule has 0 unspecified atom stereocenters. The zero-order chi connectivity index (χ0) is 7.56. The fourth-order valence-corrected chi connectivity index (χ4v) is 0.754. The van der Waals surface area contributed by atoms with Crippen molar-refractivity contribution in [3.8, 4) is 11.6 Å². The first-order valence-corrected chi connectivity index (χ1v) is 2.99. The van der Waals surface area contributed by atoms with E-state index in [1.165, 1.54) is 19.4 Å². The molecule has 1 rings (SSSR count). The van der Waals surface area contributed by atoms with Gasteiger partial charge in [0.15, 0.2) is 0 Å². The summed E-state index contributed by atoms with van der Waals surface area (Å²) in [6.07, 6.45) is 1.35. The van der Waals surface area contributed by atoms with Crippen molar-refractivity contribution in [3.63, 3.8) is 0 Å². The highest BCUT2D eigenvalue weighted by atomic mass is 35.5.